The van der Waals surface area contributed by atoms with Gasteiger partial charge in [0.2, 0.25) is 0 Å². The van der Waals surface area contributed by atoms with E-state index in [0.29, 0.717) is 0 Å². The summed E-state index contributed by atoms with van der Waals surface area (Å²) in [6.45, 7) is 1.05. The van der Waals surface area contributed by atoms with E-state index in [2.05, 4.69) is 53.3 Å². The van der Waals surface area contributed by atoms with E-state index in [1.807, 2.05) is 11.9 Å². The molecule has 1 saturated heterocycles. The molecule has 16 heavy (non-hydrogen) atoms. The molecule has 1 aliphatic heterocycles. The van der Waals surface area contributed by atoms with E-state index >= 15 is 0 Å². The summed E-state index contributed by atoms with van der Waals surface area (Å²) in [5.41, 5.74) is 5.76. The Kier molecular flexibility index (Phi) is 1.61. The van der Waals surface area contributed by atoms with Crippen LogP contribution >= 0.6 is 11.9 Å². The van der Waals surface area contributed by atoms with Gasteiger partial charge in [0.15, 0.2) is 0 Å². The van der Waals surface area contributed by atoms with Crippen molar-refractivity contribution in [3.8, 4) is 11.1 Å². The van der Waals surface area contributed by atoms with E-state index in [1.54, 1.807) is 0 Å². The summed E-state index contributed by atoms with van der Waals surface area (Å²) in [6.07, 6.45) is 0. The van der Waals surface area contributed by atoms with Gasteiger partial charge < -0.3 is 0 Å². The molecule has 1 N–H and O–H groups in total. The largest absolute Gasteiger partial charge is 0.261 e. The van der Waals surface area contributed by atoms with Gasteiger partial charge in [-0.2, -0.15) is 0 Å². The fourth-order valence-corrected chi connectivity index (χ4v) is 3.81. The summed E-state index contributed by atoms with van der Waals surface area (Å²) in [6, 6.07) is 17.6. The quantitative estimate of drug-likeness (QED) is 0.691. The van der Waals surface area contributed by atoms with E-state index in [1.165, 1.54) is 22.3 Å². The molecule has 0 radical (unpaired) electrons. The third-order valence-corrected chi connectivity index (χ3v) is 4.80. The molecule has 4 rings (SSSR count). The van der Waals surface area contributed by atoms with Crippen molar-refractivity contribution in [3.63, 3.8) is 0 Å². The molecule has 0 amide bonds. The van der Waals surface area contributed by atoms with E-state index < -0.39 is 0 Å². The summed E-state index contributed by atoms with van der Waals surface area (Å²) in [5, 5.41) is 0. The van der Waals surface area contributed by atoms with Crippen molar-refractivity contribution in [2.45, 2.75) is 4.75 Å². The molecule has 1 spiro atoms. The van der Waals surface area contributed by atoms with Crippen LogP contribution in [-0.4, -0.2) is 6.54 Å². The highest BCUT2D eigenvalue weighted by molar-refractivity contribution is 8.00. The lowest BCUT2D eigenvalue weighted by molar-refractivity contribution is 0.671. The van der Waals surface area contributed by atoms with Crippen LogP contribution in [0.1, 0.15) is 11.1 Å². The Balaban J connectivity index is 2.10. The average molecular weight is 225 g/mol. The number of fused-ring (bicyclic) bond motifs is 5. The third kappa shape index (κ3) is 0.879. The van der Waals surface area contributed by atoms with Crippen LogP contribution in [-0.2, 0) is 4.75 Å². The number of hydrogen-bond donors (Lipinski definition) is 1. The van der Waals surface area contributed by atoms with Gasteiger partial charge in [0.1, 0.15) is 0 Å². The van der Waals surface area contributed by atoms with Crippen molar-refractivity contribution < 1.29 is 0 Å². The molecular weight excluding hydrogens is 214 g/mol. The van der Waals surface area contributed by atoms with Crippen molar-refractivity contribution in [2.24, 2.45) is 0 Å². The Bertz CT molecular complexity index is 525. The zero-order valence-corrected chi connectivity index (χ0v) is 9.55. The Morgan fingerprint density at radius 2 is 1.38 bits per heavy atom. The van der Waals surface area contributed by atoms with Gasteiger partial charge in [-0.15, -0.1) is 0 Å². The smallest absolute Gasteiger partial charge is 0.0947 e. The van der Waals surface area contributed by atoms with Crippen LogP contribution in [0.3, 0.4) is 0 Å². The third-order valence-electron chi connectivity index (χ3n) is 3.58. The summed E-state index contributed by atoms with van der Waals surface area (Å²) >= 11 is 1.85. The van der Waals surface area contributed by atoms with Gasteiger partial charge in [-0.25, -0.2) is 0 Å². The molecule has 0 saturated carbocycles. The molecule has 0 unspecified atom stereocenters. The standard InChI is InChI=1S/C14H11NS/c1-3-7-12-10(5-1)11-6-2-4-8-13(11)14(12)9-15-16-14/h1-8,15H,9H2. The predicted molar refractivity (Wildman–Crippen MR) is 68.3 cm³/mol. The van der Waals surface area contributed by atoms with Gasteiger partial charge in [0.25, 0.3) is 0 Å². The van der Waals surface area contributed by atoms with Gasteiger partial charge in [0, 0.05) is 6.54 Å². The van der Waals surface area contributed by atoms with Crippen molar-refractivity contribution >= 4 is 11.9 Å². The first kappa shape index (κ1) is 8.85. The van der Waals surface area contributed by atoms with E-state index in [-0.39, 0.29) is 4.75 Å². The maximum Gasteiger partial charge on any atom is 0.0947 e. The van der Waals surface area contributed by atoms with Crippen LogP contribution in [0.4, 0.5) is 0 Å². The molecule has 0 bridgehead atoms. The molecular formula is C14H11NS. The highest BCUT2D eigenvalue weighted by Gasteiger charge is 2.48. The first-order chi connectivity index (χ1) is 7.92. The number of nitrogens with one attached hydrogen (secondary N) is 1. The number of benzene rings is 2. The summed E-state index contributed by atoms with van der Waals surface area (Å²) in [4.78, 5) is 0. The second-order valence-electron chi connectivity index (χ2n) is 4.34. The van der Waals surface area contributed by atoms with Crippen LogP contribution in [0.25, 0.3) is 11.1 Å². The van der Waals surface area contributed by atoms with Crippen molar-refractivity contribution in [1.82, 2.24) is 4.72 Å². The van der Waals surface area contributed by atoms with Gasteiger partial charge in [-0.3, -0.25) is 4.72 Å². The minimum Gasteiger partial charge on any atom is -0.261 e. The molecule has 1 aliphatic carbocycles. The average Bonchev–Trinajstić information content (AvgIpc) is 2.59. The fraction of sp³-hybridized carbons (Fsp3) is 0.143. The van der Waals surface area contributed by atoms with Crippen LogP contribution < -0.4 is 4.72 Å². The molecule has 78 valence electrons. The van der Waals surface area contributed by atoms with Gasteiger partial charge in [-0.05, 0) is 22.3 Å². The Morgan fingerprint density at radius 3 is 1.81 bits per heavy atom. The number of hydrogen-bond acceptors (Lipinski definition) is 2. The summed E-state index contributed by atoms with van der Waals surface area (Å²) in [5.74, 6) is 0. The molecule has 1 heterocycles. The minimum absolute atomic E-state index is 0.188. The van der Waals surface area contributed by atoms with Crippen LogP contribution in [0.2, 0.25) is 0 Å². The van der Waals surface area contributed by atoms with Crippen LogP contribution in [0, 0.1) is 0 Å². The molecule has 1 fully saturated rings. The topological polar surface area (TPSA) is 12.0 Å². The molecule has 2 aliphatic rings. The highest BCUT2D eigenvalue weighted by Crippen LogP contribution is 2.57. The van der Waals surface area contributed by atoms with E-state index in [0.717, 1.165) is 6.54 Å². The molecule has 2 aromatic rings. The van der Waals surface area contributed by atoms with Gasteiger partial charge >= 0.3 is 0 Å². The van der Waals surface area contributed by atoms with E-state index in [9.17, 15) is 0 Å². The van der Waals surface area contributed by atoms with Gasteiger partial charge in [-0.1, -0.05) is 60.5 Å². The normalized spacial score (nSPS) is 19.0. The Morgan fingerprint density at radius 1 is 0.875 bits per heavy atom. The molecule has 2 aromatic carbocycles. The molecule has 1 nitrogen and oxygen atoms in total. The van der Waals surface area contributed by atoms with Crippen molar-refractivity contribution in [3.05, 3.63) is 59.7 Å². The zero-order valence-electron chi connectivity index (χ0n) is 8.73. The number of rotatable bonds is 0. The van der Waals surface area contributed by atoms with Crippen molar-refractivity contribution in [2.75, 3.05) is 6.54 Å². The van der Waals surface area contributed by atoms with Crippen molar-refractivity contribution in [1.29, 1.82) is 0 Å². The van der Waals surface area contributed by atoms with E-state index in [4.69, 9.17) is 0 Å². The molecule has 0 atom stereocenters. The monoisotopic (exact) mass is 225 g/mol. The van der Waals surface area contributed by atoms with Crippen LogP contribution in [0.5, 0.6) is 0 Å². The minimum atomic E-state index is 0.188. The maximum atomic E-state index is 3.34. The second kappa shape index (κ2) is 2.90. The lowest BCUT2D eigenvalue weighted by Crippen LogP contribution is -2.44. The van der Waals surface area contributed by atoms with Gasteiger partial charge in [0.05, 0.1) is 4.75 Å². The van der Waals surface area contributed by atoms with Crippen LogP contribution in [0.15, 0.2) is 48.5 Å². The Labute approximate surface area is 99.0 Å². The zero-order chi connectivity index (χ0) is 10.6. The second-order valence-corrected chi connectivity index (χ2v) is 5.53. The SMILES string of the molecule is c1ccc2c(c1)-c1ccccc1C21CNS1. The Hall–Kier alpha value is -1.25. The highest BCUT2D eigenvalue weighted by atomic mass is 32.2. The first-order valence-corrected chi connectivity index (χ1v) is 6.34. The maximum absolute atomic E-state index is 3.34. The summed E-state index contributed by atoms with van der Waals surface area (Å²) < 4.78 is 3.53. The predicted octanol–water partition coefficient (Wildman–Crippen LogP) is 3.16. The fourth-order valence-electron chi connectivity index (χ4n) is 2.80. The molecule has 0 aromatic heterocycles. The lowest BCUT2D eigenvalue weighted by atomic mass is 9.95. The first-order valence-electron chi connectivity index (χ1n) is 5.52. The summed E-state index contributed by atoms with van der Waals surface area (Å²) in [7, 11) is 0. The molecule has 2 heteroatoms. The lowest BCUT2D eigenvalue weighted by Gasteiger charge is -2.39.